The van der Waals surface area contributed by atoms with Crippen LogP contribution >= 0.6 is 24.0 Å². The first-order chi connectivity index (χ1) is 12.5. The van der Waals surface area contributed by atoms with E-state index in [-0.39, 0.29) is 35.6 Å². The Hall–Kier alpha value is -1.06. The molecule has 1 aliphatic heterocycles. The second-order valence-electron chi connectivity index (χ2n) is 7.27. The van der Waals surface area contributed by atoms with Crippen molar-refractivity contribution in [2.45, 2.75) is 38.3 Å². The maximum Gasteiger partial charge on any atom is 0.191 e. The number of nitrogens with one attached hydrogen (secondary N) is 2. The van der Waals surface area contributed by atoms with Crippen molar-refractivity contribution in [2.75, 3.05) is 47.4 Å². The molecule has 1 unspecified atom stereocenters. The van der Waals surface area contributed by atoms with Gasteiger partial charge < -0.3 is 20.1 Å². The van der Waals surface area contributed by atoms with E-state index in [1.165, 1.54) is 18.4 Å². The highest BCUT2D eigenvalue weighted by molar-refractivity contribution is 14.0. The summed E-state index contributed by atoms with van der Waals surface area (Å²) >= 11 is 0. The Morgan fingerprint density at radius 2 is 1.85 bits per heavy atom. The molecule has 1 aliphatic rings. The SMILES string of the molecule is CN=C(NCC(c1ccccc1OC)N1CCCC1)NCC(C)(C)OC.I. The van der Waals surface area contributed by atoms with Crippen LogP contribution in [0.1, 0.15) is 38.3 Å². The largest absolute Gasteiger partial charge is 0.496 e. The van der Waals surface area contributed by atoms with Crippen LogP contribution in [0.4, 0.5) is 0 Å². The number of ether oxygens (including phenoxy) is 2. The molecule has 7 heteroatoms. The summed E-state index contributed by atoms with van der Waals surface area (Å²) in [4.78, 5) is 6.87. The van der Waals surface area contributed by atoms with Gasteiger partial charge in [0, 0.05) is 32.8 Å². The normalized spacial score (nSPS) is 16.6. The summed E-state index contributed by atoms with van der Waals surface area (Å²) in [5, 5.41) is 6.83. The van der Waals surface area contributed by atoms with Crippen molar-refractivity contribution in [2.24, 2.45) is 4.99 Å². The monoisotopic (exact) mass is 490 g/mol. The molecule has 27 heavy (non-hydrogen) atoms. The molecule has 2 N–H and O–H groups in total. The van der Waals surface area contributed by atoms with Gasteiger partial charge in [0.15, 0.2) is 5.96 Å². The van der Waals surface area contributed by atoms with Crippen LogP contribution in [0.2, 0.25) is 0 Å². The molecule has 0 aromatic heterocycles. The van der Waals surface area contributed by atoms with Crippen LogP contribution in [-0.4, -0.2) is 63.9 Å². The summed E-state index contributed by atoms with van der Waals surface area (Å²) < 4.78 is 11.1. The zero-order chi connectivity index (χ0) is 19.0. The molecule has 1 fully saturated rings. The van der Waals surface area contributed by atoms with Crippen LogP contribution in [0, 0.1) is 0 Å². The van der Waals surface area contributed by atoms with Crippen LogP contribution in [0.15, 0.2) is 29.3 Å². The van der Waals surface area contributed by atoms with Gasteiger partial charge in [-0.15, -0.1) is 24.0 Å². The average Bonchev–Trinajstić information content (AvgIpc) is 3.19. The summed E-state index contributed by atoms with van der Waals surface area (Å²) in [6, 6.07) is 8.54. The molecule has 2 rings (SSSR count). The van der Waals surface area contributed by atoms with Gasteiger partial charge in [-0.3, -0.25) is 9.89 Å². The third kappa shape index (κ3) is 7.12. The second-order valence-corrected chi connectivity index (χ2v) is 7.27. The lowest BCUT2D eigenvalue weighted by Gasteiger charge is -2.30. The fraction of sp³-hybridized carbons (Fsp3) is 0.650. The van der Waals surface area contributed by atoms with Crippen molar-refractivity contribution in [3.05, 3.63) is 29.8 Å². The number of likely N-dealkylation sites (tertiary alicyclic amines) is 1. The standard InChI is InChI=1S/C20H34N4O2.HI/c1-20(2,26-5)15-23-19(21-3)22-14-17(24-12-8-9-13-24)16-10-6-7-11-18(16)25-4;/h6-7,10-11,17H,8-9,12-15H2,1-5H3,(H2,21,22,23);1H. The maximum absolute atomic E-state index is 5.61. The van der Waals surface area contributed by atoms with Crippen molar-refractivity contribution in [1.82, 2.24) is 15.5 Å². The molecule has 0 radical (unpaired) electrons. The van der Waals surface area contributed by atoms with Gasteiger partial charge in [-0.25, -0.2) is 0 Å². The number of nitrogens with zero attached hydrogens (tertiary/aromatic N) is 2. The molecule has 0 spiro atoms. The number of methoxy groups -OCH3 is 2. The zero-order valence-electron chi connectivity index (χ0n) is 17.2. The Kier molecular flexibility index (Phi) is 10.4. The van der Waals surface area contributed by atoms with E-state index >= 15 is 0 Å². The molecule has 6 nitrogen and oxygen atoms in total. The summed E-state index contributed by atoms with van der Waals surface area (Å²) in [6.07, 6.45) is 2.50. The number of hydrogen-bond donors (Lipinski definition) is 2. The van der Waals surface area contributed by atoms with E-state index in [0.717, 1.165) is 31.3 Å². The van der Waals surface area contributed by atoms with Gasteiger partial charge in [-0.1, -0.05) is 18.2 Å². The lowest BCUT2D eigenvalue weighted by molar-refractivity contribution is 0.0268. The van der Waals surface area contributed by atoms with Gasteiger partial charge in [0.05, 0.1) is 18.8 Å². The molecule has 0 saturated carbocycles. The molecule has 1 heterocycles. The van der Waals surface area contributed by atoms with Crippen molar-refractivity contribution in [3.8, 4) is 5.75 Å². The van der Waals surface area contributed by atoms with E-state index in [9.17, 15) is 0 Å². The molecule has 0 aliphatic carbocycles. The molecular formula is C20H35IN4O2. The molecular weight excluding hydrogens is 455 g/mol. The maximum atomic E-state index is 5.61. The highest BCUT2D eigenvalue weighted by Gasteiger charge is 2.26. The van der Waals surface area contributed by atoms with Gasteiger partial charge in [-0.05, 0) is 45.8 Å². The Morgan fingerprint density at radius 1 is 1.19 bits per heavy atom. The zero-order valence-corrected chi connectivity index (χ0v) is 19.6. The van der Waals surface area contributed by atoms with Gasteiger partial charge in [0.25, 0.3) is 0 Å². The van der Waals surface area contributed by atoms with Crippen molar-refractivity contribution in [1.29, 1.82) is 0 Å². The van der Waals surface area contributed by atoms with Crippen LogP contribution < -0.4 is 15.4 Å². The number of benzene rings is 1. The summed E-state index contributed by atoms with van der Waals surface area (Å²) in [5.74, 6) is 1.73. The minimum Gasteiger partial charge on any atom is -0.496 e. The van der Waals surface area contributed by atoms with Crippen LogP contribution in [0.5, 0.6) is 5.75 Å². The van der Waals surface area contributed by atoms with Crippen molar-refractivity contribution < 1.29 is 9.47 Å². The Morgan fingerprint density at radius 3 is 2.44 bits per heavy atom. The second kappa shape index (κ2) is 11.7. The number of aliphatic imine (C=N–C) groups is 1. The Bertz CT molecular complexity index is 589. The average molecular weight is 490 g/mol. The van der Waals surface area contributed by atoms with Crippen molar-refractivity contribution in [3.63, 3.8) is 0 Å². The van der Waals surface area contributed by atoms with Gasteiger partial charge in [0.1, 0.15) is 5.75 Å². The van der Waals surface area contributed by atoms with E-state index in [4.69, 9.17) is 9.47 Å². The number of guanidine groups is 1. The highest BCUT2D eigenvalue weighted by atomic mass is 127. The van der Waals surface area contributed by atoms with E-state index in [1.54, 1.807) is 21.3 Å². The predicted molar refractivity (Wildman–Crippen MR) is 122 cm³/mol. The first kappa shape index (κ1) is 24.0. The first-order valence-electron chi connectivity index (χ1n) is 9.37. The lowest BCUT2D eigenvalue weighted by Crippen LogP contribution is -2.47. The Labute approximate surface area is 181 Å². The van der Waals surface area contributed by atoms with Crippen LogP contribution in [-0.2, 0) is 4.74 Å². The van der Waals surface area contributed by atoms with Gasteiger partial charge in [-0.2, -0.15) is 0 Å². The molecule has 0 amide bonds. The summed E-state index contributed by atoms with van der Waals surface area (Å²) in [6.45, 7) is 7.80. The van der Waals surface area contributed by atoms with Crippen LogP contribution in [0.3, 0.4) is 0 Å². The predicted octanol–water partition coefficient (Wildman–Crippen LogP) is 3.04. The minimum absolute atomic E-state index is 0. The van der Waals surface area contributed by atoms with E-state index in [2.05, 4.69) is 46.5 Å². The van der Waals surface area contributed by atoms with Crippen molar-refractivity contribution >= 4 is 29.9 Å². The van der Waals surface area contributed by atoms with Gasteiger partial charge in [0.2, 0.25) is 0 Å². The topological polar surface area (TPSA) is 58.1 Å². The quantitative estimate of drug-likeness (QED) is 0.334. The van der Waals surface area contributed by atoms with E-state index < -0.39 is 0 Å². The smallest absolute Gasteiger partial charge is 0.191 e. The van der Waals surface area contributed by atoms with E-state index in [0.29, 0.717) is 6.54 Å². The van der Waals surface area contributed by atoms with Gasteiger partial charge >= 0.3 is 0 Å². The first-order valence-corrected chi connectivity index (χ1v) is 9.37. The molecule has 1 aromatic carbocycles. The minimum atomic E-state index is -0.241. The molecule has 1 aromatic rings. The number of hydrogen-bond acceptors (Lipinski definition) is 4. The third-order valence-corrected chi connectivity index (χ3v) is 5.00. The molecule has 1 saturated heterocycles. The molecule has 1 atom stereocenters. The van der Waals surface area contributed by atoms with E-state index in [1.807, 2.05) is 12.1 Å². The number of halogens is 1. The fourth-order valence-electron chi connectivity index (χ4n) is 3.21. The molecule has 154 valence electrons. The molecule has 0 bridgehead atoms. The Balaban J connectivity index is 0.00000364. The number of rotatable bonds is 8. The highest BCUT2D eigenvalue weighted by Crippen LogP contribution is 2.31. The fourth-order valence-corrected chi connectivity index (χ4v) is 3.21. The summed E-state index contributed by atoms with van der Waals surface area (Å²) in [7, 11) is 5.26. The van der Waals surface area contributed by atoms with Crippen LogP contribution in [0.25, 0.3) is 0 Å². The lowest BCUT2D eigenvalue weighted by atomic mass is 10.0. The number of para-hydroxylation sites is 1. The third-order valence-electron chi connectivity index (χ3n) is 5.00. The summed E-state index contributed by atoms with van der Waals surface area (Å²) in [5.41, 5.74) is 0.978.